The average molecular weight is 295 g/mol. The van der Waals surface area contributed by atoms with Gasteiger partial charge in [0.2, 0.25) is 5.82 Å². The van der Waals surface area contributed by atoms with E-state index in [-0.39, 0.29) is 28.8 Å². The topological polar surface area (TPSA) is 108 Å². The zero-order chi connectivity index (χ0) is 15.1. The van der Waals surface area contributed by atoms with E-state index in [1.807, 2.05) is 6.92 Å². The summed E-state index contributed by atoms with van der Waals surface area (Å²) in [6, 6.07) is -0.109. The van der Waals surface area contributed by atoms with Crippen molar-refractivity contribution in [1.82, 2.24) is 9.78 Å². The molecule has 1 saturated carbocycles. The van der Waals surface area contributed by atoms with Crippen molar-refractivity contribution in [2.45, 2.75) is 44.4 Å². The highest BCUT2D eigenvalue weighted by molar-refractivity contribution is 5.61. The Balaban J connectivity index is 1.86. The van der Waals surface area contributed by atoms with Crippen LogP contribution in [0.25, 0.3) is 0 Å². The third-order valence-corrected chi connectivity index (χ3v) is 4.51. The van der Waals surface area contributed by atoms with Crippen molar-refractivity contribution in [3.63, 3.8) is 0 Å². The molecule has 1 saturated heterocycles. The van der Waals surface area contributed by atoms with E-state index in [4.69, 9.17) is 10.5 Å². The summed E-state index contributed by atoms with van der Waals surface area (Å²) in [5, 5.41) is 18.9. The molecule has 4 unspecified atom stereocenters. The molecule has 1 aliphatic heterocycles. The van der Waals surface area contributed by atoms with Crippen LogP contribution in [0.15, 0.2) is 0 Å². The Hall–Kier alpha value is -1.67. The number of fused-ring (bicyclic) bond motifs is 1. The van der Waals surface area contributed by atoms with Crippen LogP contribution in [0.5, 0.6) is 0 Å². The van der Waals surface area contributed by atoms with Crippen LogP contribution < -0.4 is 11.1 Å². The van der Waals surface area contributed by atoms with Crippen LogP contribution in [0, 0.1) is 16.0 Å². The minimum Gasteiger partial charge on any atom is -0.376 e. The summed E-state index contributed by atoms with van der Waals surface area (Å²) in [5.74, 6) is 0.794. The van der Waals surface area contributed by atoms with Crippen molar-refractivity contribution in [1.29, 1.82) is 0 Å². The van der Waals surface area contributed by atoms with Crippen molar-refractivity contribution >= 4 is 11.5 Å². The first-order valence-electron chi connectivity index (χ1n) is 7.38. The van der Waals surface area contributed by atoms with Gasteiger partial charge in [-0.2, -0.15) is 5.10 Å². The molecular formula is C13H21N5O3. The summed E-state index contributed by atoms with van der Waals surface area (Å²) in [5.41, 5.74) is 6.74. The van der Waals surface area contributed by atoms with Gasteiger partial charge in [0.25, 0.3) is 0 Å². The van der Waals surface area contributed by atoms with E-state index in [9.17, 15) is 10.1 Å². The van der Waals surface area contributed by atoms with Crippen LogP contribution in [0.3, 0.4) is 0 Å². The fourth-order valence-electron chi connectivity index (χ4n) is 3.41. The first-order chi connectivity index (χ1) is 10.0. The Morgan fingerprint density at radius 3 is 3.05 bits per heavy atom. The molecule has 0 amide bonds. The molecule has 8 nitrogen and oxygen atoms in total. The Morgan fingerprint density at radius 2 is 2.38 bits per heavy atom. The highest BCUT2D eigenvalue weighted by atomic mass is 16.6. The van der Waals surface area contributed by atoms with Crippen molar-refractivity contribution in [2.75, 3.05) is 11.9 Å². The molecule has 2 aliphatic rings. The van der Waals surface area contributed by atoms with E-state index >= 15 is 0 Å². The molecule has 8 heteroatoms. The molecule has 2 fully saturated rings. The van der Waals surface area contributed by atoms with Crippen molar-refractivity contribution in [2.24, 2.45) is 18.7 Å². The summed E-state index contributed by atoms with van der Waals surface area (Å²) in [4.78, 5) is 11.0. The van der Waals surface area contributed by atoms with Gasteiger partial charge in [-0.25, -0.2) is 4.68 Å². The van der Waals surface area contributed by atoms with Crippen LogP contribution in [-0.2, 0) is 18.2 Å². The minimum absolute atomic E-state index is 0.0263. The molecule has 2 heterocycles. The molecule has 1 aromatic rings. The number of ether oxygens (including phenoxy) is 1. The van der Waals surface area contributed by atoms with Gasteiger partial charge in [-0.3, -0.25) is 10.1 Å². The van der Waals surface area contributed by atoms with Gasteiger partial charge in [0.15, 0.2) is 0 Å². The number of rotatable bonds is 5. The maximum absolute atomic E-state index is 11.4. The van der Waals surface area contributed by atoms with E-state index < -0.39 is 0 Å². The van der Waals surface area contributed by atoms with Gasteiger partial charge in [-0.05, 0) is 12.8 Å². The third-order valence-electron chi connectivity index (χ3n) is 4.51. The number of aryl methyl sites for hydroxylation is 2. The van der Waals surface area contributed by atoms with Crippen molar-refractivity contribution in [3.8, 4) is 0 Å². The molecule has 0 spiro atoms. The van der Waals surface area contributed by atoms with Crippen LogP contribution in [-0.4, -0.2) is 39.5 Å². The quantitative estimate of drug-likeness (QED) is 0.614. The molecule has 21 heavy (non-hydrogen) atoms. The van der Waals surface area contributed by atoms with Crippen molar-refractivity contribution in [3.05, 3.63) is 15.8 Å². The smallest absolute Gasteiger partial charge is 0.334 e. The molecule has 0 bridgehead atoms. The fourth-order valence-corrected chi connectivity index (χ4v) is 3.41. The van der Waals surface area contributed by atoms with Crippen LogP contribution in [0.4, 0.5) is 11.5 Å². The first-order valence-corrected chi connectivity index (χ1v) is 7.38. The molecule has 4 atom stereocenters. The molecule has 0 aromatic carbocycles. The lowest BCUT2D eigenvalue weighted by Gasteiger charge is -2.45. The molecule has 1 aromatic heterocycles. The summed E-state index contributed by atoms with van der Waals surface area (Å²) in [7, 11) is 1.71. The average Bonchev–Trinajstić information content (AvgIpc) is 2.98. The van der Waals surface area contributed by atoms with E-state index in [0.29, 0.717) is 23.9 Å². The second-order valence-corrected chi connectivity index (χ2v) is 5.81. The molecule has 3 rings (SSSR count). The van der Waals surface area contributed by atoms with Gasteiger partial charge < -0.3 is 15.8 Å². The maximum atomic E-state index is 11.4. The molecule has 116 valence electrons. The highest BCUT2D eigenvalue weighted by Gasteiger charge is 2.53. The number of hydrogen-bond acceptors (Lipinski definition) is 6. The Labute approximate surface area is 122 Å². The lowest BCUT2D eigenvalue weighted by atomic mass is 9.72. The predicted octanol–water partition coefficient (Wildman–Crippen LogP) is 0.807. The van der Waals surface area contributed by atoms with E-state index in [2.05, 4.69) is 10.4 Å². The second kappa shape index (κ2) is 5.27. The lowest BCUT2D eigenvalue weighted by molar-refractivity contribution is -0.384. The fraction of sp³-hybridized carbons (Fsp3) is 0.769. The Morgan fingerprint density at radius 1 is 1.62 bits per heavy atom. The van der Waals surface area contributed by atoms with Crippen LogP contribution >= 0.6 is 0 Å². The summed E-state index contributed by atoms with van der Waals surface area (Å²) < 4.78 is 7.20. The zero-order valence-electron chi connectivity index (χ0n) is 12.3. The number of nitro groups is 1. The number of anilines is 1. The number of nitrogens with two attached hydrogens (primary N) is 1. The molecule has 3 N–H and O–H groups in total. The second-order valence-electron chi connectivity index (χ2n) is 5.81. The zero-order valence-corrected chi connectivity index (χ0v) is 12.3. The highest BCUT2D eigenvalue weighted by Crippen LogP contribution is 2.41. The van der Waals surface area contributed by atoms with Crippen LogP contribution in [0.2, 0.25) is 0 Å². The number of nitrogens with one attached hydrogen (secondary N) is 1. The number of hydrogen-bond donors (Lipinski definition) is 2. The number of aromatic nitrogens is 2. The Kier molecular flexibility index (Phi) is 3.58. The monoisotopic (exact) mass is 295 g/mol. The van der Waals surface area contributed by atoms with Gasteiger partial charge in [0, 0.05) is 25.6 Å². The summed E-state index contributed by atoms with van der Waals surface area (Å²) in [6.45, 7) is 2.69. The largest absolute Gasteiger partial charge is 0.376 e. The third kappa shape index (κ3) is 2.18. The van der Waals surface area contributed by atoms with Gasteiger partial charge >= 0.3 is 5.69 Å². The van der Waals surface area contributed by atoms with Gasteiger partial charge in [0.05, 0.1) is 17.1 Å². The molecular weight excluding hydrogens is 274 g/mol. The summed E-state index contributed by atoms with van der Waals surface area (Å²) >= 11 is 0. The maximum Gasteiger partial charge on any atom is 0.334 e. The normalized spacial score (nSPS) is 30.8. The van der Waals surface area contributed by atoms with Gasteiger partial charge in [0.1, 0.15) is 5.69 Å². The standard InChI is InChI=1S/C13H21N5O3/c1-3-4-8-11(18(19)20)13(17(2)16-8)15-10-9(14)7-5-6-21-12(7)10/h7,9-10,12,15H,3-6,14H2,1-2H3. The molecule has 0 radical (unpaired) electrons. The molecule has 1 aliphatic carbocycles. The predicted molar refractivity (Wildman–Crippen MR) is 77.1 cm³/mol. The van der Waals surface area contributed by atoms with Gasteiger partial charge in [-0.1, -0.05) is 13.3 Å². The summed E-state index contributed by atoms with van der Waals surface area (Å²) in [6.07, 6.45) is 2.43. The van der Waals surface area contributed by atoms with Gasteiger partial charge in [-0.15, -0.1) is 0 Å². The lowest BCUT2D eigenvalue weighted by Crippen LogP contribution is -2.65. The van der Waals surface area contributed by atoms with E-state index in [0.717, 1.165) is 19.4 Å². The minimum atomic E-state index is -0.364. The van der Waals surface area contributed by atoms with E-state index in [1.54, 1.807) is 7.05 Å². The number of nitrogens with zero attached hydrogens (tertiary/aromatic N) is 3. The first kappa shape index (κ1) is 14.3. The Bertz CT molecular complexity index is 558. The van der Waals surface area contributed by atoms with Crippen LogP contribution in [0.1, 0.15) is 25.5 Å². The van der Waals surface area contributed by atoms with Crippen molar-refractivity contribution < 1.29 is 9.66 Å². The van der Waals surface area contributed by atoms with E-state index in [1.165, 1.54) is 4.68 Å². The SMILES string of the molecule is CCCc1nn(C)c(NC2C(N)C3CCOC32)c1[N+](=O)[O-].